The third kappa shape index (κ3) is 4.63. The van der Waals surface area contributed by atoms with Gasteiger partial charge in [0.1, 0.15) is 5.69 Å². The van der Waals surface area contributed by atoms with Gasteiger partial charge in [-0.3, -0.25) is 9.78 Å². The molecule has 0 N–H and O–H groups in total. The van der Waals surface area contributed by atoms with Gasteiger partial charge < -0.3 is 9.80 Å². The molecule has 1 aromatic heterocycles. The van der Waals surface area contributed by atoms with Gasteiger partial charge in [0.25, 0.3) is 5.91 Å². The van der Waals surface area contributed by atoms with E-state index in [0.29, 0.717) is 11.7 Å². The monoisotopic (exact) mass is 351 g/mol. The van der Waals surface area contributed by atoms with Gasteiger partial charge >= 0.3 is 0 Å². The average Bonchev–Trinajstić information content (AvgIpc) is 2.96. The molecule has 4 nitrogen and oxygen atoms in total. The number of carbonyl (C=O) groups excluding carboxylic acids is 1. The molecule has 0 atom stereocenters. The van der Waals surface area contributed by atoms with Crippen LogP contribution in [0.3, 0.4) is 0 Å². The summed E-state index contributed by atoms with van der Waals surface area (Å²) in [5.74, 6) is 0.0668. The van der Waals surface area contributed by atoms with Crippen molar-refractivity contribution in [3.63, 3.8) is 0 Å². The van der Waals surface area contributed by atoms with Crippen LogP contribution in [0.25, 0.3) is 0 Å². The first-order chi connectivity index (χ1) is 12.6. The second kappa shape index (κ2) is 8.84. The lowest BCUT2D eigenvalue weighted by Crippen LogP contribution is -2.33. The third-order valence-electron chi connectivity index (χ3n) is 5.01. The molecular formula is C22H29N3O. The highest BCUT2D eigenvalue weighted by Gasteiger charge is 2.20. The normalized spacial score (nSPS) is 15.0. The fourth-order valence-corrected chi connectivity index (χ4v) is 3.50. The van der Waals surface area contributed by atoms with Gasteiger partial charge in [0, 0.05) is 37.6 Å². The van der Waals surface area contributed by atoms with Crippen LogP contribution >= 0.6 is 0 Å². The van der Waals surface area contributed by atoms with Crippen LogP contribution < -0.4 is 4.90 Å². The summed E-state index contributed by atoms with van der Waals surface area (Å²) in [7, 11) is 0. The summed E-state index contributed by atoms with van der Waals surface area (Å²) in [6.45, 7) is 6.88. The van der Waals surface area contributed by atoms with Crippen molar-refractivity contribution in [1.82, 2.24) is 9.88 Å². The first-order valence-electron chi connectivity index (χ1n) is 9.71. The molecule has 0 saturated carbocycles. The number of anilines is 1. The second-order valence-electron chi connectivity index (χ2n) is 7.31. The minimum absolute atomic E-state index is 0.0668. The summed E-state index contributed by atoms with van der Waals surface area (Å²) in [5.41, 5.74) is 2.87. The summed E-state index contributed by atoms with van der Waals surface area (Å²) in [6.07, 6.45) is 6.39. The maximum atomic E-state index is 12.9. The van der Waals surface area contributed by atoms with E-state index in [4.69, 9.17) is 0 Å². The van der Waals surface area contributed by atoms with Crippen molar-refractivity contribution in [3.05, 3.63) is 59.9 Å². The molecule has 1 amide bonds. The first kappa shape index (κ1) is 18.4. The molecule has 2 aromatic rings. The molecule has 26 heavy (non-hydrogen) atoms. The van der Waals surface area contributed by atoms with Crippen molar-refractivity contribution in [2.45, 2.75) is 52.1 Å². The number of aromatic nitrogens is 1. The standard InChI is InChI=1S/C22H29N3O/c1-18(2)25(17-19-10-6-5-7-11-19)20-12-13-23-21(16-20)22(26)24-14-8-3-4-9-15-24/h5-7,10-13,16,18H,3-4,8-9,14-15,17H2,1-2H3. The molecule has 2 heterocycles. The summed E-state index contributed by atoms with van der Waals surface area (Å²) < 4.78 is 0. The molecular weight excluding hydrogens is 322 g/mol. The molecule has 1 aliphatic rings. The Bertz CT molecular complexity index is 706. The number of pyridine rings is 1. The largest absolute Gasteiger partial charge is 0.365 e. The van der Waals surface area contributed by atoms with Crippen LogP contribution in [0.2, 0.25) is 0 Å². The summed E-state index contributed by atoms with van der Waals surface area (Å²) >= 11 is 0. The Morgan fingerprint density at radius 2 is 1.77 bits per heavy atom. The number of benzene rings is 1. The van der Waals surface area contributed by atoms with Gasteiger partial charge in [0.05, 0.1) is 0 Å². The van der Waals surface area contributed by atoms with Gasteiger partial charge in [0.15, 0.2) is 0 Å². The quantitative estimate of drug-likeness (QED) is 0.795. The predicted molar refractivity (Wildman–Crippen MR) is 106 cm³/mol. The molecule has 0 unspecified atom stereocenters. The predicted octanol–water partition coefficient (Wildman–Crippen LogP) is 4.51. The van der Waals surface area contributed by atoms with Crippen LogP contribution in [-0.4, -0.2) is 34.9 Å². The number of amides is 1. The minimum Gasteiger partial charge on any atom is -0.365 e. The van der Waals surface area contributed by atoms with E-state index in [1.54, 1.807) is 6.20 Å². The van der Waals surface area contributed by atoms with E-state index in [0.717, 1.165) is 38.2 Å². The lowest BCUT2D eigenvalue weighted by Gasteiger charge is -2.29. The molecule has 0 bridgehead atoms. The summed E-state index contributed by atoms with van der Waals surface area (Å²) in [6, 6.07) is 14.7. The van der Waals surface area contributed by atoms with Crippen molar-refractivity contribution in [1.29, 1.82) is 0 Å². The SMILES string of the molecule is CC(C)N(Cc1ccccc1)c1ccnc(C(=O)N2CCCCCC2)c1. The van der Waals surface area contributed by atoms with Crippen molar-refractivity contribution in [3.8, 4) is 0 Å². The zero-order valence-corrected chi connectivity index (χ0v) is 15.9. The Morgan fingerprint density at radius 3 is 2.42 bits per heavy atom. The second-order valence-corrected chi connectivity index (χ2v) is 7.31. The number of nitrogens with zero attached hydrogens (tertiary/aromatic N) is 3. The molecule has 1 aromatic carbocycles. The fourth-order valence-electron chi connectivity index (χ4n) is 3.50. The summed E-state index contributed by atoms with van der Waals surface area (Å²) in [4.78, 5) is 21.6. The van der Waals surface area contributed by atoms with Gasteiger partial charge in [-0.1, -0.05) is 43.2 Å². The lowest BCUT2D eigenvalue weighted by atomic mass is 10.1. The minimum atomic E-state index is 0.0668. The van der Waals surface area contributed by atoms with Gasteiger partial charge in [-0.2, -0.15) is 0 Å². The highest BCUT2D eigenvalue weighted by molar-refractivity contribution is 5.93. The number of rotatable bonds is 5. The Balaban J connectivity index is 1.80. The van der Waals surface area contributed by atoms with Gasteiger partial charge in [-0.25, -0.2) is 0 Å². The van der Waals surface area contributed by atoms with E-state index in [1.807, 2.05) is 23.1 Å². The Hall–Kier alpha value is -2.36. The Labute approximate surface area is 156 Å². The molecule has 0 spiro atoms. The fraction of sp³-hybridized carbons (Fsp3) is 0.455. The van der Waals surface area contributed by atoms with E-state index < -0.39 is 0 Å². The molecule has 1 fully saturated rings. The summed E-state index contributed by atoms with van der Waals surface area (Å²) in [5, 5.41) is 0. The van der Waals surface area contributed by atoms with E-state index in [9.17, 15) is 4.79 Å². The zero-order valence-electron chi connectivity index (χ0n) is 15.9. The lowest BCUT2D eigenvalue weighted by molar-refractivity contribution is 0.0756. The van der Waals surface area contributed by atoms with E-state index in [-0.39, 0.29) is 5.91 Å². The van der Waals surface area contributed by atoms with Crippen LogP contribution in [0.15, 0.2) is 48.7 Å². The number of hydrogen-bond acceptors (Lipinski definition) is 3. The van der Waals surface area contributed by atoms with E-state index >= 15 is 0 Å². The van der Waals surface area contributed by atoms with Crippen LogP contribution in [0, 0.1) is 0 Å². The number of hydrogen-bond donors (Lipinski definition) is 0. The van der Waals surface area contributed by atoms with Gasteiger partial charge in [0.2, 0.25) is 0 Å². The number of carbonyl (C=O) groups is 1. The first-order valence-corrected chi connectivity index (χ1v) is 9.71. The highest BCUT2D eigenvalue weighted by Crippen LogP contribution is 2.22. The van der Waals surface area contributed by atoms with E-state index in [1.165, 1.54) is 18.4 Å². The van der Waals surface area contributed by atoms with Crippen LogP contribution in [0.4, 0.5) is 5.69 Å². The molecule has 1 aliphatic heterocycles. The third-order valence-corrected chi connectivity index (χ3v) is 5.01. The topological polar surface area (TPSA) is 36.4 Å². The average molecular weight is 351 g/mol. The molecule has 0 radical (unpaired) electrons. The van der Waals surface area contributed by atoms with Gasteiger partial charge in [-0.15, -0.1) is 0 Å². The molecule has 138 valence electrons. The Morgan fingerprint density at radius 1 is 1.08 bits per heavy atom. The van der Waals surface area contributed by atoms with Crippen molar-refractivity contribution >= 4 is 11.6 Å². The molecule has 1 saturated heterocycles. The smallest absolute Gasteiger partial charge is 0.272 e. The van der Waals surface area contributed by atoms with Crippen LogP contribution in [0.1, 0.15) is 55.6 Å². The zero-order chi connectivity index (χ0) is 18.4. The Kier molecular flexibility index (Phi) is 6.26. The van der Waals surface area contributed by atoms with Crippen molar-refractivity contribution in [2.24, 2.45) is 0 Å². The van der Waals surface area contributed by atoms with Crippen molar-refractivity contribution < 1.29 is 4.79 Å². The number of likely N-dealkylation sites (tertiary alicyclic amines) is 1. The highest BCUT2D eigenvalue weighted by atomic mass is 16.2. The maximum absolute atomic E-state index is 12.9. The molecule has 0 aliphatic carbocycles. The van der Waals surface area contributed by atoms with Crippen LogP contribution in [0.5, 0.6) is 0 Å². The molecule has 4 heteroatoms. The maximum Gasteiger partial charge on any atom is 0.272 e. The van der Waals surface area contributed by atoms with Gasteiger partial charge in [-0.05, 0) is 44.4 Å². The van der Waals surface area contributed by atoms with E-state index in [2.05, 4.69) is 48.0 Å². The molecule has 3 rings (SSSR count). The van der Waals surface area contributed by atoms with Crippen LogP contribution in [-0.2, 0) is 6.54 Å². The van der Waals surface area contributed by atoms with Crippen molar-refractivity contribution in [2.75, 3.05) is 18.0 Å².